The summed E-state index contributed by atoms with van der Waals surface area (Å²) in [5.74, 6) is -0.831. The van der Waals surface area contributed by atoms with E-state index in [0.29, 0.717) is 44.7 Å². The second-order valence-electron chi connectivity index (χ2n) is 9.05. The Morgan fingerprint density at radius 3 is 2.62 bits per heavy atom. The lowest BCUT2D eigenvalue weighted by Crippen LogP contribution is -2.67. The van der Waals surface area contributed by atoms with Crippen molar-refractivity contribution in [2.45, 2.75) is 50.4 Å². The van der Waals surface area contributed by atoms with Crippen LogP contribution in [0, 0.1) is 5.41 Å². The van der Waals surface area contributed by atoms with Crippen LogP contribution in [0.25, 0.3) is 0 Å². The van der Waals surface area contributed by atoms with Crippen LogP contribution in [0.2, 0.25) is 0 Å². The number of hydrogen-bond donors (Lipinski definition) is 3. The van der Waals surface area contributed by atoms with Gasteiger partial charge < -0.3 is 15.7 Å². The fraction of sp³-hybridized carbons (Fsp3) is 0.571. The van der Waals surface area contributed by atoms with Gasteiger partial charge in [-0.3, -0.25) is 24.6 Å². The van der Waals surface area contributed by atoms with Gasteiger partial charge in [0.05, 0.1) is 5.60 Å². The second-order valence-corrected chi connectivity index (χ2v) is 9.05. The third kappa shape index (κ3) is 2.89. The minimum atomic E-state index is -0.684. The first kappa shape index (κ1) is 18.7. The lowest BCUT2D eigenvalue weighted by molar-refractivity contribution is -0.147. The number of hydrogen-bond acceptors (Lipinski definition) is 6. The molecule has 5 rings (SSSR count). The average molecular weight is 398 g/mol. The number of likely N-dealkylation sites (tertiary alicyclic amines) is 1. The predicted octanol–water partition coefficient (Wildman–Crippen LogP) is -0.267. The van der Waals surface area contributed by atoms with Crippen LogP contribution in [0.4, 0.5) is 0 Å². The first-order valence-corrected chi connectivity index (χ1v) is 10.3. The third-order valence-electron chi connectivity index (χ3n) is 7.20. The lowest BCUT2D eigenvalue weighted by Gasteiger charge is -2.51. The molecule has 3 aliphatic heterocycles. The Morgan fingerprint density at radius 1 is 1.21 bits per heavy atom. The molecule has 4 aliphatic rings. The van der Waals surface area contributed by atoms with Gasteiger partial charge in [-0.2, -0.15) is 0 Å². The van der Waals surface area contributed by atoms with Crippen molar-refractivity contribution in [1.82, 2.24) is 15.1 Å². The van der Waals surface area contributed by atoms with Crippen LogP contribution >= 0.6 is 0 Å². The molecule has 3 heterocycles. The minimum Gasteiger partial charge on any atom is -0.387 e. The van der Waals surface area contributed by atoms with E-state index in [-0.39, 0.29) is 23.7 Å². The zero-order chi connectivity index (χ0) is 20.4. The molecule has 0 bridgehead atoms. The number of imide groups is 1. The van der Waals surface area contributed by atoms with E-state index in [9.17, 15) is 19.5 Å². The molecule has 3 fully saturated rings. The number of fused-ring (bicyclic) bond motifs is 1. The molecule has 1 aromatic rings. The fourth-order valence-electron chi connectivity index (χ4n) is 5.11. The number of nitrogens with zero attached hydrogens (tertiary/aromatic N) is 2. The molecule has 4 N–H and O–H groups in total. The summed E-state index contributed by atoms with van der Waals surface area (Å²) < 4.78 is 0. The normalized spacial score (nSPS) is 27.4. The van der Waals surface area contributed by atoms with Crippen LogP contribution < -0.4 is 11.1 Å². The number of rotatable bonds is 5. The van der Waals surface area contributed by atoms with Gasteiger partial charge in [0.15, 0.2) is 0 Å². The number of nitrogens with two attached hydrogens (primary N) is 1. The van der Waals surface area contributed by atoms with Crippen LogP contribution in [0.15, 0.2) is 18.2 Å². The first-order valence-electron chi connectivity index (χ1n) is 10.3. The van der Waals surface area contributed by atoms with Crippen molar-refractivity contribution in [3.63, 3.8) is 0 Å². The van der Waals surface area contributed by atoms with Crippen molar-refractivity contribution in [3.8, 4) is 0 Å². The Kier molecular flexibility index (Phi) is 4.10. The fourth-order valence-corrected chi connectivity index (χ4v) is 5.11. The zero-order valence-corrected chi connectivity index (χ0v) is 16.3. The Labute approximate surface area is 169 Å². The summed E-state index contributed by atoms with van der Waals surface area (Å²) >= 11 is 0. The molecule has 1 saturated carbocycles. The maximum atomic E-state index is 12.9. The van der Waals surface area contributed by atoms with Crippen molar-refractivity contribution >= 4 is 17.7 Å². The Morgan fingerprint density at radius 2 is 1.97 bits per heavy atom. The molecular formula is C21H26N4O4. The van der Waals surface area contributed by atoms with E-state index < -0.39 is 17.6 Å². The quantitative estimate of drug-likeness (QED) is 0.588. The van der Waals surface area contributed by atoms with Crippen LogP contribution in [0.1, 0.15) is 47.2 Å². The van der Waals surface area contributed by atoms with Crippen molar-refractivity contribution in [3.05, 3.63) is 34.9 Å². The molecule has 0 aromatic heterocycles. The molecule has 0 spiro atoms. The Hall–Kier alpha value is -2.29. The minimum absolute atomic E-state index is 0.0974. The van der Waals surface area contributed by atoms with Crippen molar-refractivity contribution < 1.29 is 19.5 Å². The van der Waals surface area contributed by atoms with Crippen molar-refractivity contribution in [2.75, 3.05) is 19.6 Å². The smallest absolute Gasteiger partial charge is 0.255 e. The van der Waals surface area contributed by atoms with Gasteiger partial charge in [0.25, 0.3) is 5.91 Å². The third-order valence-corrected chi connectivity index (χ3v) is 7.20. The average Bonchev–Trinajstić information content (AvgIpc) is 3.41. The van der Waals surface area contributed by atoms with Crippen molar-refractivity contribution in [2.24, 2.45) is 11.1 Å². The highest BCUT2D eigenvalue weighted by molar-refractivity contribution is 6.05. The molecule has 1 aromatic carbocycles. The van der Waals surface area contributed by atoms with Gasteiger partial charge in [-0.1, -0.05) is 12.1 Å². The van der Waals surface area contributed by atoms with E-state index in [4.69, 9.17) is 5.73 Å². The maximum absolute atomic E-state index is 12.9. The van der Waals surface area contributed by atoms with Gasteiger partial charge >= 0.3 is 0 Å². The summed E-state index contributed by atoms with van der Waals surface area (Å²) in [6, 6.07) is 5.26. The Balaban J connectivity index is 1.25. The van der Waals surface area contributed by atoms with Gasteiger partial charge in [-0.15, -0.1) is 0 Å². The SMILES string of the molecule is NCC1(C2(O)CN(Cc3ccc4c(c3)C(=O)N(C3CCC(=O)NC3=O)C4)C2)CC1. The highest BCUT2D eigenvalue weighted by Crippen LogP contribution is 2.56. The summed E-state index contributed by atoms with van der Waals surface area (Å²) in [6.45, 7) is 2.81. The number of carbonyl (C=O) groups is 3. The van der Waals surface area contributed by atoms with Crippen LogP contribution in [0.3, 0.4) is 0 Å². The predicted molar refractivity (Wildman–Crippen MR) is 103 cm³/mol. The molecule has 29 heavy (non-hydrogen) atoms. The highest BCUT2D eigenvalue weighted by Gasteiger charge is 2.62. The standard InChI is InChI=1S/C21H26N4O4/c22-10-20(5-6-20)21(29)11-24(12-21)8-13-1-2-14-9-25(19(28)15(14)7-13)16-3-4-17(26)23-18(16)27/h1-2,7,16,29H,3-6,8-12,22H2,(H,23,26,27). The zero-order valence-electron chi connectivity index (χ0n) is 16.3. The molecule has 1 atom stereocenters. The van der Waals surface area contributed by atoms with Gasteiger partial charge in [0, 0.05) is 50.1 Å². The van der Waals surface area contributed by atoms with E-state index in [2.05, 4.69) is 10.2 Å². The molecule has 2 saturated heterocycles. The van der Waals surface area contributed by atoms with Crippen molar-refractivity contribution in [1.29, 1.82) is 0 Å². The van der Waals surface area contributed by atoms with E-state index in [1.54, 1.807) is 4.90 Å². The topological polar surface area (TPSA) is 116 Å². The van der Waals surface area contributed by atoms with E-state index in [0.717, 1.165) is 24.0 Å². The van der Waals surface area contributed by atoms with Gasteiger partial charge in [0.2, 0.25) is 11.8 Å². The molecule has 154 valence electrons. The summed E-state index contributed by atoms with van der Waals surface area (Å²) in [7, 11) is 0. The maximum Gasteiger partial charge on any atom is 0.255 e. The summed E-state index contributed by atoms with van der Waals surface area (Å²) in [5.41, 5.74) is 7.63. The van der Waals surface area contributed by atoms with E-state index >= 15 is 0 Å². The number of β-amino-alcohol motifs (C(OH)–C–C–N with tert-alkyl or cyclic N) is 1. The number of nitrogens with one attached hydrogen (secondary N) is 1. The monoisotopic (exact) mass is 398 g/mol. The van der Waals surface area contributed by atoms with E-state index in [1.807, 2.05) is 18.2 Å². The molecule has 0 radical (unpaired) electrons. The summed E-state index contributed by atoms with van der Waals surface area (Å²) in [5, 5.41) is 13.1. The number of benzene rings is 1. The summed E-state index contributed by atoms with van der Waals surface area (Å²) in [6.07, 6.45) is 2.62. The molecule has 8 nitrogen and oxygen atoms in total. The Bertz CT molecular complexity index is 904. The van der Waals surface area contributed by atoms with Crippen LogP contribution in [-0.4, -0.2) is 63.9 Å². The lowest BCUT2D eigenvalue weighted by atomic mass is 9.77. The molecule has 3 amide bonds. The van der Waals surface area contributed by atoms with E-state index in [1.165, 1.54) is 0 Å². The molecule has 8 heteroatoms. The van der Waals surface area contributed by atoms with Crippen LogP contribution in [0.5, 0.6) is 0 Å². The van der Waals surface area contributed by atoms with Gasteiger partial charge in [0.1, 0.15) is 6.04 Å². The van der Waals surface area contributed by atoms with Crippen LogP contribution in [-0.2, 0) is 22.7 Å². The summed E-state index contributed by atoms with van der Waals surface area (Å²) in [4.78, 5) is 40.2. The number of amides is 3. The number of piperidine rings is 1. The number of aliphatic hydroxyl groups is 1. The molecular weight excluding hydrogens is 372 g/mol. The largest absolute Gasteiger partial charge is 0.387 e. The highest BCUT2D eigenvalue weighted by atomic mass is 16.3. The molecule has 1 unspecified atom stereocenters. The molecule has 1 aliphatic carbocycles. The number of carbonyl (C=O) groups excluding carboxylic acids is 3. The van der Waals surface area contributed by atoms with Gasteiger partial charge in [-0.05, 0) is 36.5 Å². The second kappa shape index (κ2) is 6.35. The first-order chi connectivity index (χ1) is 13.8. The van der Waals surface area contributed by atoms with Gasteiger partial charge in [-0.25, -0.2) is 0 Å².